The standard InChI is InChI=1S/C16H17BrN2O2/c1-10(8-12-4-2-3-5-14(12)17)18-16(20)13-9-21-19-15(13)11-6-7-11/h2-5,9-11H,6-8H2,1H3,(H,18,20)/t10-/m1/s1. The van der Waals surface area contributed by atoms with E-state index in [1.54, 1.807) is 0 Å². The Hall–Kier alpha value is -1.62. The minimum Gasteiger partial charge on any atom is -0.364 e. The van der Waals surface area contributed by atoms with Crippen LogP contribution in [-0.4, -0.2) is 17.1 Å². The van der Waals surface area contributed by atoms with Crippen LogP contribution in [0.1, 0.15) is 47.3 Å². The van der Waals surface area contributed by atoms with Crippen LogP contribution in [0, 0.1) is 0 Å². The third-order valence-electron chi connectivity index (χ3n) is 3.67. The highest BCUT2D eigenvalue weighted by Crippen LogP contribution is 2.40. The second kappa shape index (κ2) is 6.02. The summed E-state index contributed by atoms with van der Waals surface area (Å²) in [5, 5.41) is 6.98. The van der Waals surface area contributed by atoms with Crippen molar-refractivity contribution in [2.75, 3.05) is 0 Å². The van der Waals surface area contributed by atoms with E-state index in [2.05, 4.69) is 32.5 Å². The Kier molecular flexibility index (Phi) is 4.10. The van der Waals surface area contributed by atoms with E-state index in [0.717, 1.165) is 29.4 Å². The van der Waals surface area contributed by atoms with Crippen LogP contribution < -0.4 is 5.32 Å². The third kappa shape index (κ3) is 3.35. The summed E-state index contributed by atoms with van der Waals surface area (Å²) in [6.45, 7) is 2.00. The number of amides is 1. The summed E-state index contributed by atoms with van der Waals surface area (Å²) in [5.41, 5.74) is 2.56. The average molecular weight is 349 g/mol. The molecule has 2 aromatic rings. The number of carbonyl (C=O) groups is 1. The van der Waals surface area contributed by atoms with E-state index in [1.165, 1.54) is 11.8 Å². The summed E-state index contributed by atoms with van der Waals surface area (Å²) in [7, 11) is 0. The maximum atomic E-state index is 12.3. The Morgan fingerprint density at radius 1 is 1.48 bits per heavy atom. The molecular weight excluding hydrogens is 332 g/mol. The van der Waals surface area contributed by atoms with Crippen molar-refractivity contribution in [1.82, 2.24) is 10.5 Å². The lowest BCUT2D eigenvalue weighted by Crippen LogP contribution is -2.34. The Bertz CT molecular complexity index is 649. The molecule has 1 atom stereocenters. The number of rotatable bonds is 5. The molecule has 1 heterocycles. The molecule has 0 aliphatic heterocycles. The molecule has 0 bridgehead atoms. The number of nitrogens with zero attached hydrogens (tertiary/aromatic N) is 1. The van der Waals surface area contributed by atoms with Crippen molar-refractivity contribution in [3.63, 3.8) is 0 Å². The molecule has 1 N–H and O–H groups in total. The van der Waals surface area contributed by atoms with Crippen molar-refractivity contribution in [1.29, 1.82) is 0 Å². The Morgan fingerprint density at radius 3 is 2.95 bits per heavy atom. The van der Waals surface area contributed by atoms with E-state index in [1.807, 2.05) is 25.1 Å². The zero-order valence-corrected chi connectivity index (χ0v) is 13.4. The van der Waals surface area contributed by atoms with Gasteiger partial charge in [0.05, 0.1) is 5.69 Å². The number of benzene rings is 1. The van der Waals surface area contributed by atoms with Crippen molar-refractivity contribution < 1.29 is 9.32 Å². The van der Waals surface area contributed by atoms with E-state index in [-0.39, 0.29) is 11.9 Å². The summed E-state index contributed by atoms with van der Waals surface area (Å²) < 4.78 is 6.03. The van der Waals surface area contributed by atoms with Crippen LogP contribution in [-0.2, 0) is 6.42 Å². The summed E-state index contributed by atoms with van der Waals surface area (Å²) in [6.07, 6.45) is 4.42. The molecule has 1 amide bonds. The van der Waals surface area contributed by atoms with Gasteiger partial charge in [0, 0.05) is 16.4 Å². The number of nitrogens with one attached hydrogen (secondary N) is 1. The fourth-order valence-electron chi connectivity index (χ4n) is 2.41. The van der Waals surface area contributed by atoms with E-state index < -0.39 is 0 Å². The Morgan fingerprint density at radius 2 is 2.24 bits per heavy atom. The highest BCUT2D eigenvalue weighted by molar-refractivity contribution is 9.10. The molecule has 4 nitrogen and oxygen atoms in total. The maximum absolute atomic E-state index is 12.3. The Balaban J connectivity index is 1.64. The molecule has 0 spiro atoms. The predicted molar refractivity (Wildman–Crippen MR) is 83.3 cm³/mol. The highest BCUT2D eigenvalue weighted by atomic mass is 79.9. The molecule has 1 fully saturated rings. The number of hydrogen-bond acceptors (Lipinski definition) is 3. The maximum Gasteiger partial charge on any atom is 0.256 e. The van der Waals surface area contributed by atoms with Crippen molar-refractivity contribution in [2.45, 2.75) is 38.1 Å². The molecule has 3 rings (SSSR count). The smallest absolute Gasteiger partial charge is 0.256 e. The molecule has 110 valence electrons. The van der Waals surface area contributed by atoms with Crippen LogP contribution in [0.2, 0.25) is 0 Å². The molecule has 21 heavy (non-hydrogen) atoms. The molecule has 1 saturated carbocycles. The van der Waals surface area contributed by atoms with Gasteiger partial charge in [0.15, 0.2) is 0 Å². The first-order valence-corrected chi connectivity index (χ1v) is 7.93. The number of hydrogen-bond donors (Lipinski definition) is 1. The molecule has 1 aliphatic rings. The summed E-state index contributed by atoms with van der Waals surface area (Å²) >= 11 is 3.53. The van der Waals surface area contributed by atoms with Crippen LogP contribution in [0.25, 0.3) is 0 Å². The van der Waals surface area contributed by atoms with Gasteiger partial charge in [-0.25, -0.2) is 0 Å². The molecule has 0 unspecified atom stereocenters. The van der Waals surface area contributed by atoms with Crippen molar-refractivity contribution >= 4 is 21.8 Å². The average Bonchev–Trinajstić information content (AvgIpc) is 3.18. The first-order valence-electron chi connectivity index (χ1n) is 7.13. The van der Waals surface area contributed by atoms with E-state index in [0.29, 0.717) is 11.5 Å². The van der Waals surface area contributed by atoms with Gasteiger partial charge in [-0.3, -0.25) is 4.79 Å². The largest absolute Gasteiger partial charge is 0.364 e. The summed E-state index contributed by atoms with van der Waals surface area (Å²) in [6, 6.07) is 8.09. The zero-order chi connectivity index (χ0) is 14.8. The van der Waals surface area contributed by atoms with Crippen molar-refractivity contribution in [3.05, 3.63) is 51.8 Å². The first kappa shape index (κ1) is 14.3. The minimum absolute atomic E-state index is 0.0400. The normalized spacial score (nSPS) is 15.7. The quantitative estimate of drug-likeness (QED) is 0.896. The van der Waals surface area contributed by atoms with Gasteiger partial charge in [-0.1, -0.05) is 39.3 Å². The SMILES string of the molecule is C[C@H](Cc1ccccc1Br)NC(=O)c1conc1C1CC1. The molecular formula is C16H17BrN2O2. The lowest BCUT2D eigenvalue weighted by Gasteiger charge is -2.14. The molecule has 5 heteroatoms. The Labute approximate surface area is 132 Å². The number of carbonyl (C=O) groups excluding carboxylic acids is 1. The van der Waals surface area contributed by atoms with Crippen LogP contribution in [0.5, 0.6) is 0 Å². The lowest BCUT2D eigenvalue weighted by atomic mass is 10.1. The molecule has 0 radical (unpaired) electrons. The van der Waals surface area contributed by atoms with Gasteiger partial charge in [0.1, 0.15) is 11.8 Å². The van der Waals surface area contributed by atoms with E-state index in [9.17, 15) is 4.79 Å². The van der Waals surface area contributed by atoms with Crippen molar-refractivity contribution in [2.24, 2.45) is 0 Å². The van der Waals surface area contributed by atoms with Crippen molar-refractivity contribution in [3.8, 4) is 0 Å². The predicted octanol–water partition coefficient (Wildman–Crippen LogP) is 3.68. The van der Waals surface area contributed by atoms with Crippen LogP contribution in [0.3, 0.4) is 0 Å². The summed E-state index contributed by atoms with van der Waals surface area (Å²) in [4.78, 5) is 12.3. The van der Waals surface area contributed by atoms with E-state index in [4.69, 9.17) is 4.52 Å². The van der Waals surface area contributed by atoms with Gasteiger partial charge in [0.25, 0.3) is 5.91 Å². The fraction of sp³-hybridized carbons (Fsp3) is 0.375. The topological polar surface area (TPSA) is 55.1 Å². The monoisotopic (exact) mass is 348 g/mol. The lowest BCUT2D eigenvalue weighted by molar-refractivity contribution is 0.0938. The van der Waals surface area contributed by atoms with Gasteiger partial charge in [0.2, 0.25) is 0 Å². The van der Waals surface area contributed by atoms with Gasteiger partial charge < -0.3 is 9.84 Å². The minimum atomic E-state index is -0.0993. The van der Waals surface area contributed by atoms with Gasteiger partial charge >= 0.3 is 0 Å². The van der Waals surface area contributed by atoms with Gasteiger partial charge in [-0.15, -0.1) is 0 Å². The van der Waals surface area contributed by atoms with Gasteiger partial charge in [-0.2, -0.15) is 0 Å². The van der Waals surface area contributed by atoms with Gasteiger partial charge in [-0.05, 0) is 37.8 Å². The fourth-order valence-corrected chi connectivity index (χ4v) is 2.86. The molecule has 1 aromatic carbocycles. The van der Waals surface area contributed by atoms with E-state index >= 15 is 0 Å². The second-order valence-electron chi connectivity index (χ2n) is 5.56. The zero-order valence-electron chi connectivity index (χ0n) is 11.8. The highest BCUT2D eigenvalue weighted by Gasteiger charge is 2.31. The van der Waals surface area contributed by atoms with Crippen LogP contribution >= 0.6 is 15.9 Å². The number of aromatic nitrogens is 1. The van der Waals surface area contributed by atoms with Crippen LogP contribution in [0.4, 0.5) is 0 Å². The first-order chi connectivity index (χ1) is 10.1. The third-order valence-corrected chi connectivity index (χ3v) is 4.44. The molecule has 1 aromatic heterocycles. The second-order valence-corrected chi connectivity index (χ2v) is 6.41. The molecule has 1 aliphatic carbocycles. The summed E-state index contributed by atoms with van der Waals surface area (Å²) in [5.74, 6) is 0.306. The number of halogens is 1. The van der Waals surface area contributed by atoms with Crippen LogP contribution in [0.15, 0.2) is 39.5 Å². The molecule has 0 saturated heterocycles.